The maximum Gasteiger partial charge on any atom is 0.336 e. The van der Waals surface area contributed by atoms with Crippen LogP contribution in [0.25, 0.3) is 0 Å². The number of carbonyl (C=O) groups excluding carboxylic acids is 1. The molecule has 2 aliphatic carbocycles. The van der Waals surface area contributed by atoms with Gasteiger partial charge in [-0.1, -0.05) is 39.2 Å². The van der Waals surface area contributed by atoms with Crippen LogP contribution in [0.5, 0.6) is 0 Å². The Morgan fingerprint density at radius 1 is 0.962 bits per heavy atom. The van der Waals surface area contributed by atoms with Gasteiger partial charge in [0.1, 0.15) is 6.10 Å². The number of carbonyl (C=O) groups is 1. The van der Waals surface area contributed by atoms with E-state index in [1.807, 2.05) is 0 Å². The molecule has 0 heterocycles. The summed E-state index contributed by atoms with van der Waals surface area (Å²) < 4.78 is 11.6. The first-order valence-electron chi connectivity index (χ1n) is 10.7. The lowest BCUT2D eigenvalue weighted by Crippen LogP contribution is -2.29. The molecule has 0 aliphatic heterocycles. The Balaban J connectivity index is 1.55. The molecule has 2 aliphatic rings. The molecule has 4 heteroatoms. The largest absolute Gasteiger partial charge is 0.459 e. The molecule has 0 amide bonds. The summed E-state index contributed by atoms with van der Waals surface area (Å²) >= 11 is 0. The van der Waals surface area contributed by atoms with Gasteiger partial charge in [0, 0.05) is 6.61 Å². The SMILES string of the molecule is C=C(CO)C(=O)OC1CCC(COC2CCC(CCCCC)CC2)CC1. The summed E-state index contributed by atoms with van der Waals surface area (Å²) in [5.41, 5.74) is 0.140. The quantitative estimate of drug-likeness (QED) is 0.343. The highest BCUT2D eigenvalue weighted by atomic mass is 16.5. The Labute approximate surface area is 159 Å². The average Bonchev–Trinajstić information content (AvgIpc) is 2.68. The summed E-state index contributed by atoms with van der Waals surface area (Å²) in [5, 5.41) is 8.92. The van der Waals surface area contributed by atoms with E-state index in [-0.39, 0.29) is 18.3 Å². The van der Waals surface area contributed by atoms with Crippen LogP contribution in [0.1, 0.15) is 84.0 Å². The lowest BCUT2D eigenvalue weighted by Gasteiger charge is -2.32. The van der Waals surface area contributed by atoms with E-state index in [4.69, 9.17) is 14.6 Å². The first kappa shape index (κ1) is 21.4. The fourth-order valence-corrected chi connectivity index (χ4v) is 4.26. The van der Waals surface area contributed by atoms with Crippen molar-refractivity contribution in [3.63, 3.8) is 0 Å². The Morgan fingerprint density at radius 2 is 1.58 bits per heavy atom. The number of aliphatic hydroxyl groups is 1. The van der Waals surface area contributed by atoms with Gasteiger partial charge in [0.25, 0.3) is 0 Å². The van der Waals surface area contributed by atoms with E-state index in [0.717, 1.165) is 38.2 Å². The van der Waals surface area contributed by atoms with E-state index >= 15 is 0 Å². The summed E-state index contributed by atoms with van der Waals surface area (Å²) in [4.78, 5) is 11.7. The van der Waals surface area contributed by atoms with E-state index in [1.165, 1.54) is 51.4 Å². The second kappa shape index (κ2) is 11.8. The molecule has 0 atom stereocenters. The van der Waals surface area contributed by atoms with Crippen molar-refractivity contribution in [3.05, 3.63) is 12.2 Å². The molecule has 0 aromatic heterocycles. The van der Waals surface area contributed by atoms with Crippen molar-refractivity contribution in [1.29, 1.82) is 0 Å². The molecule has 2 rings (SSSR count). The number of aliphatic hydroxyl groups excluding tert-OH is 1. The van der Waals surface area contributed by atoms with Crippen LogP contribution < -0.4 is 0 Å². The molecule has 0 unspecified atom stereocenters. The molecule has 0 aromatic carbocycles. The van der Waals surface area contributed by atoms with Gasteiger partial charge >= 0.3 is 5.97 Å². The van der Waals surface area contributed by atoms with Gasteiger partial charge in [0.15, 0.2) is 0 Å². The highest BCUT2D eigenvalue weighted by molar-refractivity contribution is 5.88. The standard InChI is InChI=1S/C22H38O4/c1-3-4-5-6-18-7-11-20(12-8-18)25-16-19-9-13-21(14-10-19)26-22(24)17(2)15-23/h18-21,23H,2-16H2,1H3. The lowest BCUT2D eigenvalue weighted by atomic mass is 9.84. The molecule has 26 heavy (non-hydrogen) atoms. The maximum absolute atomic E-state index is 11.7. The third-order valence-electron chi connectivity index (χ3n) is 6.12. The molecule has 0 spiro atoms. The van der Waals surface area contributed by atoms with E-state index < -0.39 is 5.97 Å². The smallest absolute Gasteiger partial charge is 0.336 e. The van der Waals surface area contributed by atoms with Crippen molar-refractivity contribution in [2.75, 3.05) is 13.2 Å². The summed E-state index contributed by atoms with van der Waals surface area (Å²) in [5.74, 6) is 1.07. The van der Waals surface area contributed by atoms with Crippen LogP contribution in [-0.4, -0.2) is 36.5 Å². The van der Waals surface area contributed by atoms with Crippen molar-refractivity contribution in [3.8, 4) is 0 Å². The minimum atomic E-state index is -0.456. The van der Waals surface area contributed by atoms with E-state index in [1.54, 1.807) is 0 Å². The van der Waals surface area contributed by atoms with Gasteiger partial charge in [-0.05, 0) is 63.2 Å². The monoisotopic (exact) mass is 366 g/mol. The Hall–Kier alpha value is -0.870. The van der Waals surface area contributed by atoms with E-state index in [2.05, 4.69) is 13.5 Å². The minimum absolute atomic E-state index is 0.0272. The predicted molar refractivity (Wildman–Crippen MR) is 104 cm³/mol. The zero-order chi connectivity index (χ0) is 18.8. The topological polar surface area (TPSA) is 55.8 Å². The summed E-state index contributed by atoms with van der Waals surface area (Å²) in [6.07, 6.45) is 15.0. The lowest BCUT2D eigenvalue weighted by molar-refractivity contribution is -0.147. The van der Waals surface area contributed by atoms with Gasteiger partial charge in [-0.15, -0.1) is 0 Å². The van der Waals surface area contributed by atoms with Crippen LogP contribution in [0, 0.1) is 11.8 Å². The Morgan fingerprint density at radius 3 is 2.19 bits per heavy atom. The van der Waals surface area contributed by atoms with Crippen molar-refractivity contribution in [2.45, 2.75) is 96.2 Å². The third kappa shape index (κ3) is 7.40. The van der Waals surface area contributed by atoms with Gasteiger partial charge in [0.2, 0.25) is 0 Å². The van der Waals surface area contributed by atoms with Crippen LogP contribution in [0.15, 0.2) is 12.2 Å². The van der Waals surface area contributed by atoms with Crippen LogP contribution in [0.2, 0.25) is 0 Å². The van der Waals surface area contributed by atoms with Gasteiger partial charge in [0.05, 0.1) is 18.3 Å². The normalized spacial score (nSPS) is 29.3. The fraction of sp³-hybridized carbons (Fsp3) is 0.864. The minimum Gasteiger partial charge on any atom is -0.459 e. The summed E-state index contributed by atoms with van der Waals surface area (Å²) in [6, 6.07) is 0. The first-order valence-corrected chi connectivity index (χ1v) is 10.7. The number of hydrogen-bond acceptors (Lipinski definition) is 4. The molecule has 0 radical (unpaired) electrons. The van der Waals surface area contributed by atoms with Gasteiger partial charge < -0.3 is 14.6 Å². The zero-order valence-electron chi connectivity index (χ0n) is 16.6. The Kier molecular flexibility index (Phi) is 9.69. The number of ether oxygens (including phenoxy) is 2. The average molecular weight is 367 g/mol. The molecule has 0 saturated heterocycles. The van der Waals surface area contributed by atoms with E-state index in [0.29, 0.717) is 12.0 Å². The highest BCUT2D eigenvalue weighted by Crippen LogP contribution is 2.32. The van der Waals surface area contributed by atoms with Crippen LogP contribution in [0.3, 0.4) is 0 Å². The molecule has 2 saturated carbocycles. The number of rotatable bonds is 10. The molecule has 1 N–H and O–H groups in total. The molecule has 4 nitrogen and oxygen atoms in total. The van der Waals surface area contributed by atoms with E-state index in [9.17, 15) is 4.79 Å². The maximum atomic E-state index is 11.7. The number of esters is 1. The third-order valence-corrected chi connectivity index (χ3v) is 6.12. The molecule has 2 fully saturated rings. The second-order valence-corrected chi connectivity index (χ2v) is 8.28. The summed E-state index contributed by atoms with van der Waals surface area (Å²) in [7, 11) is 0. The number of unbranched alkanes of at least 4 members (excludes halogenated alkanes) is 2. The van der Waals surface area contributed by atoms with Gasteiger partial charge in [-0.3, -0.25) is 0 Å². The van der Waals surface area contributed by atoms with Crippen molar-refractivity contribution >= 4 is 5.97 Å². The van der Waals surface area contributed by atoms with Gasteiger partial charge in [-0.25, -0.2) is 4.79 Å². The van der Waals surface area contributed by atoms with Crippen LogP contribution >= 0.6 is 0 Å². The highest BCUT2D eigenvalue weighted by Gasteiger charge is 2.26. The fourth-order valence-electron chi connectivity index (χ4n) is 4.26. The van der Waals surface area contributed by atoms with Crippen LogP contribution in [0.4, 0.5) is 0 Å². The molecule has 0 bridgehead atoms. The van der Waals surface area contributed by atoms with Crippen molar-refractivity contribution in [1.82, 2.24) is 0 Å². The van der Waals surface area contributed by atoms with Crippen molar-refractivity contribution < 1.29 is 19.4 Å². The molecular formula is C22H38O4. The van der Waals surface area contributed by atoms with Gasteiger partial charge in [-0.2, -0.15) is 0 Å². The molecule has 0 aromatic rings. The zero-order valence-corrected chi connectivity index (χ0v) is 16.6. The van der Waals surface area contributed by atoms with Crippen molar-refractivity contribution in [2.24, 2.45) is 11.8 Å². The predicted octanol–water partition coefficient (Wildman–Crippen LogP) is 4.79. The Bertz CT molecular complexity index is 418. The summed E-state index contributed by atoms with van der Waals surface area (Å²) in [6.45, 7) is 6.31. The first-order chi connectivity index (χ1) is 12.6. The molecule has 150 valence electrons. The molecular weight excluding hydrogens is 328 g/mol. The number of hydrogen-bond donors (Lipinski definition) is 1. The van der Waals surface area contributed by atoms with Crippen LogP contribution in [-0.2, 0) is 14.3 Å². The second-order valence-electron chi connectivity index (χ2n) is 8.28.